The fraction of sp³-hybridized carbons (Fsp3) is 0.400. The lowest BCUT2D eigenvalue weighted by Crippen LogP contribution is -2.15. The van der Waals surface area contributed by atoms with E-state index < -0.39 is 5.95 Å². The van der Waals surface area contributed by atoms with Gasteiger partial charge in [-0.1, -0.05) is 61.7 Å². The number of ketones is 1. The molecule has 2 nitrogen and oxygen atoms in total. The molecular formula is C20H26FNO. The number of rotatable bonds is 6. The van der Waals surface area contributed by atoms with Crippen LogP contribution in [-0.4, -0.2) is 10.8 Å². The molecule has 0 amide bonds. The van der Waals surface area contributed by atoms with Crippen molar-refractivity contribution in [3.63, 3.8) is 0 Å². The van der Waals surface area contributed by atoms with Crippen LogP contribution >= 0.6 is 0 Å². The molecule has 1 heterocycles. The molecular weight excluding hydrogens is 289 g/mol. The summed E-state index contributed by atoms with van der Waals surface area (Å²) in [6.45, 7) is 5.75. The molecule has 0 radical (unpaired) electrons. The second-order valence-corrected chi connectivity index (χ2v) is 5.76. The van der Waals surface area contributed by atoms with Gasteiger partial charge in [0.25, 0.3) is 0 Å². The number of nitrogens with zero attached hydrogens (tertiary/aromatic N) is 1. The SMILES string of the molecule is CCCCC(Cc1cccnc1F)C(C)=O.Cc1ccccc1. The molecule has 124 valence electrons. The second-order valence-electron chi connectivity index (χ2n) is 5.76. The third-order valence-electron chi connectivity index (χ3n) is 3.72. The number of hydrogen-bond donors (Lipinski definition) is 0. The Labute approximate surface area is 138 Å². The van der Waals surface area contributed by atoms with Crippen molar-refractivity contribution in [1.29, 1.82) is 0 Å². The molecule has 0 N–H and O–H groups in total. The number of aryl methyl sites for hydroxylation is 1. The zero-order valence-corrected chi connectivity index (χ0v) is 14.3. The highest BCUT2D eigenvalue weighted by molar-refractivity contribution is 5.78. The maximum atomic E-state index is 13.3. The van der Waals surface area contributed by atoms with Crippen LogP contribution in [0.15, 0.2) is 48.7 Å². The Morgan fingerprint density at radius 2 is 1.87 bits per heavy atom. The number of aromatic nitrogens is 1. The average molecular weight is 315 g/mol. The Kier molecular flexibility index (Phi) is 8.81. The van der Waals surface area contributed by atoms with Crippen molar-refractivity contribution in [1.82, 2.24) is 4.98 Å². The predicted octanol–water partition coefficient (Wildman–Crippen LogP) is 5.15. The maximum absolute atomic E-state index is 13.3. The molecule has 1 atom stereocenters. The average Bonchev–Trinajstić information content (AvgIpc) is 2.54. The van der Waals surface area contributed by atoms with Gasteiger partial charge in [0.2, 0.25) is 5.95 Å². The number of carbonyl (C=O) groups excluding carboxylic acids is 1. The molecule has 2 aromatic rings. The van der Waals surface area contributed by atoms with E-state index in [9.17, 15) is 9.18 Å². The maximum Gasteiger partial charge on any atom is 0.216 e. The lowest BCUT2D eigenvalue weighted by molar-refractivity contribution is -0.120. The zero-order valence-electron chi connectivity index (χ0n) is 14.3. The first-order valence-corrected chi connectivity index (χ1v) is 8.16. The summed E-state index contributed by atoms with van der Waals surface area (Å²) in [7, 11) is 0. The molecule has 23 heavy (non-hydrogen) atoms. The van der Waals surface area contributed by atoms with E-state index in [1.54, 1.807) is 19.1 Å². The molecule has 1 unspecified atom stereocenters. The minimum absolute atomic E-state index is 0.0707. The van der Waals surface area contributed by atoms with Crippen molar-refractivity contribution in [3.05, 3.63) is 65.7 Å². The molecule has 1 aromatic carbocycles. The third-order valence-corrected chi connectivity index (χ3v) is 3.72. The normalized spacial score (nSPS) is 11.3. The van der Waals surface area contributed by atoms with E-state index in [2.05, 4.69) is 31.0 Å². The number of halogens is 1. The highest BCUT2D eigenvalue weighted by Crippen LogP contribution is 2.17. The monoisotopic (exact) mass is 315 g/mol. The van der Waals surface area contributed by atoms with Crippen LogP contribution in [0, 0.1) is 18.8 Å². The Balaban J connectivity index is 0.000000313. The molecule has 0 saturated carbocycles. The number of Topliss-reactive ketones (excluding diaryl/α,β-unsaturated/α-hetero) is 1. The molecule has 0 fully saturated rings. The van der Waals surface area contributed by atoms with Gasteiger partial charge < -0.3 is 0 Å². The highest BCUT2D eigenvalue weighted by Gasteiger charge is 2.16. The molecule has 0 saturated heterocycles. The standard InChI is InChI=1S/C13H18FNO.C7H8/c1-3-4-6-11(10(2)16)9-12-7-5-8-15-13(12)14;1-7-5-3-2-4-6-7/h5,7-8,11H,3-4,6,9H2,1-2H3;2-6H,1H3. The predicted molar refractivity (Wildman–Crippen MR) is 92.8 cm³/mol. The summed E-state index contributed by atoms with van der Waals surface area (Å²) in [4.78, 5) is 15.0. The van der Waals surface area contributed by atoms with Crippen molar-refractivity contribution < 1.29 is 9.18 Å². The minimum atomic E-state index is -0.453. The van der Waals surface area contributed by atoms with Gasteiger partial charge >= 0.3 is 0 Å². The van der Waals surface area contributed by atoms with Crippen LogP contribution < -0.4 is 0 Å². The van der Waals surface area contributed by atoms with Gasteiger partial charge in [-0.2, -0.15) is 4.39 Å². The molecule has 2 rings (SSSR count). The summed E-state index contributed by atoms with van der Waals surface area (Å²) >= 11 is 0. The van der Waals surface area contributed by atoms with Crippen molar-refractivity contribution >= 4 is 5.78 Å². The molecule has 1 aromatic heterocycles. The van der Waals surface area contributed by atoms with Gasteiger partial charge in [-0.3, -0.25) is 4.79 Å². The van der Waals surface area contributed by atoms with Gasteiger partial charge in [0.05, 0.1) is 0 Å². The van der Waals surface area contributed by atoms with Gasteiger partial charge in [-0.25, -0.2) is 4.98 Å². The first-order valence-electron chi connectivity index (χ1n) is 8.16. The van der Waals surface area contributed by atoms with E-state index in [1.165, 1.54) is 11.8 Å². The van der Waals surface area contributed by atoms with Crippen molar-refractivity contribution in [2.75, 3.05) is 0 Å². The number of unbranched alkanes of at least 4 members (excludes halogenated alkanes) is 1. The second kappa shape index (κ2) is 10.7. The number of pyridine rings is 1. The summed E-state index contributed by atoms with van der Waals surface area (Å²) in [6, 6.07) is 13.7. The fourth-order valence-corrected chi connectivity index (χ4v) is 2.27. The van der Waals surface area contributed by atoms with E-state index in [4.69, 9.17) is 0 Å². The van der Waals surface area contributed by atoms with E-state index in [-0.39, 0.29) is 11.7 Å². The molecule has 0 aliphatic rings. The Bertz CT molecular complexity index is 583. The number of benzene rings is 1. The first kappa shape index (κ1) is 19.0. The van der Waals surface area contributed by atoms with Crippen LogP contribution in [0.25, 0.3) is 0 Å². The summed E-state index contributed by atoms with van der Waals surface area (Å²) in [5, 5.41) is 0. The molecule has 0 spiro atoms. The minimum Gasteiger partial charge on any atom is -0.300 e. The van der Waals surface area contributed by atoms with Crippen LogP contribution in [0.1, 0.15) is 44.2 Å². The van der Waals surface area contributed by atoms with Gasteiger partial charge in [-0.15, -0.1) is 0 Å². The summed E-state index contributed by atoms with van der Waals surface area (Å²) < 4.78 is 13.3. The van der Waals surface area contributed by atoms with Crippen LogP contribution in [0.2, 0.25) is 0 Å². The Morgan fingerprint density at radius 3 is 2.35 bits per heavy atom. The molecule has 3 heteroatoms. The molecule has 0 aliphatic heterocycles. The smallest absolute Gasteiger partial charge is 0.216 e. The molecule has 0 aliphatic carbocycles. The summed E-state index contributed by atoms with van der Waals surface area (Å²) in [5.41, 5.74) is 1.86. The number of hydrogen-bond acceptors (Lipinski definition) is 2. The zero-order chi connectivity index (χ0) is 17.1. The van der Waals surface area contributed by atoms with Crippen LogP contribution in [0.4, 0.5) is 4.39 Å². The summed E-state index contributed by atoms with van der Waals surface area (Å²) in [6.07, 6.45) is 4.79. The lowest BCUT2D eigenvalue weighted by atomic mass is 9.91. The van der Waals surface area contributed by atoms with Gasteiger partial charge in [0.1, 0.15) is 5.78 Å². The van der Waals surface area contributed by atoms with Gasteiger partial charge in [0, 0.05) is 17.7 Å². The third kappa shape index (κ3) is 7.68. The van der Waals surface area contributed by atoms with Crippen molar-refractivity contribution in [3.8, 4) is 0 Å². The van der Waals surface area contributed by atoms with E-state index >= 15 is 0 Å². The van der Waals surface area contributed by atoms with E-state index in [0.29, 0.717) is 12.0 Å². The Morgan fingerprint density at radius 1 is 1.17 bits per heavy atom. The van der Waals surface area contributed by atoms with Crippen LogP contribution in [-0.2, 0) is 11.2 Å². The largest absolute Gasteiger partial charge is 0.300 e. The lowest BCUT2D eigenvalue weighted by Gasteiger charge is -2.13. The number of carbonyl (C=O) groups is 1. The van der Waals surface area contributed by atoms with Crippen LogP contribution in [0.5, 0.6) is 0 Å². The first-order chi connectivity index (χ1) is 11.0. The van der Waals surface area contributed by atoms with Crippen molar-refractivity contribution in [2.24, 2.45) is 5.92 Å². The highest BCUT2D eigenvalue weighted by atomic mass is 19.1. The van der Waals surface area contributed by atoms with E-state index in [0.717, 1.165) is 19.3 Å². The summed E-state index contributed by atoms with van der Waals surface area (Å²) in [5.74, 6) is -0.388. The Hall–Kier alpha value is -2.03. The van der Waals surface area contributed by atoms with Crippen LogP contribution in [0.3, 0.4) is 0 Å². The van der Waals surface area contributed by atoms with Crippen molar-refractivity contribution in [2.45, 2.75) is 46.5 Å². The van der Waals surface area contributed by atoms with Gasteiger partial charge in [-0.05, 0) is 32.8 Å². The van der Waals surface area contributed by atoms with E-state index in [1.807, 2.05) is 18.2 Å². The quantitative estimate of drug-likeness (QED) is 0.690. The molecule has 0 bridgehead atoms. The van der Waals surface area contributed by atoms with Gasteiger partial charge in [0.15, 0.2) is 0 Å². The topological polar surface area (TPSA) is 30.0 Å². The fourth-order valence-electron chi connectivity index (χ4n) is 2.27.